The largest absolute Gasteiger partial charge is 0.493 e. The Bertz CT molecular complexity index is 447. The van der Waals surface area contributed by atoms with Crippen molar-refractivity contribution in [3.63, 3.8) is 0 Å². The fraction of sp³-hybridized carbons (Fsp3) is 0.500. The normalized spacial score (nSPS) is 10.2. The van der Waals surface area contributed by atoms with Gasteiger partial charge in [0.05, 0.1) is 20.8 Å². The van der Waals surface area contributed by atoms with Gasteiger partial charge in [0.2, 0.25) is 5.91 Å². The van der Waals surface area contributed by atoms with E-state index >= 15 is 0 Å². The van der Waals surface area contributed by atoms with Gasteiger partial charge in [-0.05, 0) is 36.6 Å². The van der Waals surface area contributed by atoms with Crippen molar-refractivity contribution in [2.45, 2.75) is 13.3 Å². The molecule has 0 spiro atoms. The highest BCUT2D eigenvalue weighted by molar-refractivity contribution is 5.77. The maximum atomic E-state index is 11.4. The Morgan fingerprint density at radius 1 is 1.26 bits per heavy atom. The lowest BCUT2D eigenvalue weighted by atomic mass is 10.0. The Labute approximate surface area is 114 Å². The minimum Gasteiger partial charge on any atom is -0.493 e. The van der Waals surface area contributed by atoms with E-state index in [1.165, 1.54) is 0 Å². The van der Waals surface area contributed by atoms with Gasteiger partial charge in [-0.2, -0.15) is 0 Å². The van der Waals surface area contributed by atoms with Crippen LogP contribution in [0.15, 0.2) is 12.1 Å². The lowest BCUT2D eigenvalue weighted by Gasteiger charge is -2.18. The highest BCUT2D eigenvalue weighted by Crippen LogP contribution is 2.30. The van der Waals surface area contributed by atoms with Crippen molar-refractivity contribution < 1.29 is 14.3 Å². The monoisotopic (exact) mass is 266 g/mol. The van der Waals surface area contributed by atoms with Gasteiger partial charge >= 0.3 is 0 Å². The number of carbonyl (C=O) groups excluding carboxylic acids is 1. The molecule has 0 atom stereocenters. The summed E-state index contributed by atoms with van der Waals surface area (Å²) in [5, 5.41) is 0. The molecule has 0 saturated carbocycles. The average Bonchev–Trinajstić information content (AvgIpc) is 2.44. The fourth-order valence-electron chi connectivity index (χ4n) is 1.86. The summed E-state index contributed by atoms with van der Waals surface area (Å²) in [4.78, 5) is 13.0. The lowest BCUT2D eigenvalue weighted by molar-refractivity contribution is -0.128. The summed E-state index contributed by atoms with van der Waals surface area (Å²) in [5.74, 6) is 1.36. The SMILES string of the molecule is COc1cc(C)c(CCN(C)C(=O)CN)cc1OC. The number of nitrogens with zero attached hydrogens (tertiary/aromatic N) is 1. The smallest absolute Gasteiger partial charge is 0.236 e. The van der Waals surface area contributed by atoms with Crippen molar-refractivity contribution in [2.75, 3.05) is 34.4 Å². The molecule has 0 unspecified atom stereocenters. The Morgan fingerprint density at radius 2 is 1.84 bits per heavy atom. The van der Waals surface area contributed by atoms with Crippen LogP contribution in [0.1, 0.15) is 11.1 Å². The number of carbonyl (C=O) groups is 1. The molecule has 106 valence electrons. The van der Waals surface area contributed by atoms with E-state index in [2.05, 4.69) is 0 Å². The van der Waals surface area contributed by atoms with Crippen LogP contribution >= 0.6 is 0 Å². The lowest BCUT2D eigenvalue weighted by Crippen LogP contribution is -2.34. The minimum absolute atomic E-state index is 0.0431. The topological polar surface area (TPSA) is 64.8 Å². The van der Waals surface area contributed by atoms with Crippen LogP contribution in [-0.2, 0) is 11.2 Å². The number of hydrogen-bond donors (Lipinski definition) is 1. The summed E-state index contributed by atoms with van der Waals surface area (Å²) >= 11 is 0. The van der Waals surface area contributed by atoms with Gasteiger partial charge in [0.25, 0.3) is 0 Å². The Hall–Kier alpha value is -1.75. The third-order valence-electron chi connectivity index (χ3n) is 3.16. The van der Waals surface area contributed by atoms with Crippen molar-refractivity contribution in [1.82, 2.24) is 4.90 Å². The molecule has 0 radical (unpaired) electrons. The molecule has 19 heavy (non-hydrogen) atoms. The number of likely N-dealkylation sites (N-methyl/N-ethyl adjacent to an activating group) is 1. The molecular formula is C14H22N2O3. The van der Waals surface area contributed by atoms with Crippen LogP contribution in [0.4, 0.5) is 0 Å². The van der Waals surface area contributed by atoms with Crippen molar-refractivity contribution in [3.05, 3.63) is 23.3 Å². The van der Waals surface area contributed by atoms with Crippen LogP contribution in [0.5, 0.6) is 11.5 Å². The van der Waals surface area contributed by atoms with E-state index in [1.807, 2.05) is 19.1 Å². The summed E-state index contributed by atoms with van der Waals surface area (Å²) in [6, 6.07) is 3.90. The Kier molecular flexibility index (Phi) is 5.63. The number of amides is 1. The molecule has 0 heterocycles. The maximum absolute atomic E-state index is 11.4. The number of rotatable bonds is 6. The number of methoxy groups -OCH3 is 2. The zero-order valence-electron chi connectivity index (χ0n) is 12.0. The van der Waals surface area contributed by atoms with Gasteiger partial charge < -0.3 is 20.1 Å². The third kappa shape index (κ3) is 3.86. The fourth-order valence-corrected chi connectivity index (χ4v) is 1.86. The molecule has 2 N–H and O–H groups in total. The second-order valence-electron chi connectivity index (χ2n) is 4.40. The van der Waals surface area contributed by atoms with E-state index in [4.69, 9.17) is 15.2 Å². The highest BCUT2D eigenvalue weighted by atomic mass is 16.5. The number of ether oxygens (including phenoxy) is 2. The van der Waals surface area contributed by atoms with Crippen LogP contribution in [0.25, 0.3) is 0 Å². The average molecular weight is 266 g/mol. The molecule has 1 aromatic rings. The first kappa shape index (κ1) is 15.3. The van der Waals surface area contributed by atoms with Gasteiger partial charge in [0.1, 0.15) is 0 Å². The number of hydrogen-bond acceptors (Lipinski definition) is 4. The first-order valence-corrected chi connectivity index (χ1v) is 6.19. The molecule has 0 aliphatic rings. The van der Waals surface area contributed by atoms with Crippen LogP contribution < -0.4 is 15.2 Å². The summed E-state index contributed by atoms with van der Waals surface area (Å²) in [7, 11) is 4.98. The molecule has 1 rings (SSSR count). The van der Waals surface area contributed by atoms with E-state index in [9.17, 15) is 4.79 Å². The zero-order chi connectivity index (χ0) is 14.4. The number of nitrogens with two attached hydrogens (primary N) is 1. The van der Waals surface area contributed by atoms with Crippen molar-refractivity contribution in [1.29, 1.82) is 0 Å². The predicted octanol–water partition coefficient (Wildman–Crippen LogP) is 0.972. The van der Waals surface area contributed by atoms with E-state index < -0.39 is 0 Å². The molecule has 5 nitrogen and oxygen atoms in total. The molecule has 0 bridgehead atoms. The van der Waals surface area contributed by atoms with Gasteiger partial charge in [0.15, 0.2) is 11.5 Å². The summed E-state index contributed by atoms with van der Waals surface area (Å²) in [5.41, 5.74) is 7.58. The minimum atomic E-state index is -0.0573. The van der Waals surface area contributed by atoms with Gasteiger partial charge in [-0.25, -0.2) is 0 Å². The van der Waals surface area contributed by atoms with Gasteiger partial charge in [-0.3, -0.25) is 4.79 Å². The van der Waals surface area contributed by atoms with Crippen molar-refractivity contribution in [2.24, 2.45) is 5.73 Å². The van der Waals surface area contributed by atoms with Crippen LogP contribution in [0, 0.1) is 6.92 Å². The van der Waals surface area contributed by atoms with Crippen LogP contribution in [0.2, 0.25) is 0 Å². The number of benzene rings is 1. The van der Waals surface area contributed by atoms with E-state index in [-0.39, 0.29) is 12.5 Å². The molecular weight excluding hydrogens is 244 g/mol. The van der Waals surface area contributed by atoms with Crippen LogP contribution in [-0.4, -0.2) is 45.2 Å². The molecule has 1 amide bonds. The second-order valence-corrected chi connectivity index (χ2v) is 4.40. The molecule has 0 fully saturated rings. The van der Waals surface area contributed by atoms with E-state index in [0.717, 1.165) is 23.3 Å². The zero-order valence-corrected chi connectivity index (χ0v) is 12.0. The summed E-state index contributed by atoms with van der Waals surface area (Å²) in [6.45, 7) is 2.69. The predicted molar refractivity (Wildman–Crippen MR) is 74.7 cm³/mol. The second kappa shape index (κ2) is 6.99. The Balaban J connectivity index is 2.81. The first-order chi connectivity index (χ1) is 9.03. The van der Waals surface area contributed by atoms with Crippen LogP contribution in [0.3, 0.4) is 0 Å². The Morgan fingerprint density at radius 3 is 2.37 bits per heavy atom. The van der Waals surface area contributed by atoms with Gasteiger partial charge in [-0.1, -0.05) is 0 Å². The summed E-state index contributed by atoms with van der Waals surface area (Å²) < 4.78 is 10.5. The quantitative estimate of drug-likeness (QED) is 0.833. The van der Waals surface area contributed by atoms with E-state index in [1.54, 1.807) is 26.2 Å². The van der Waals surface area contributed by atoms with Gasteiger partial charge in [-0.15, -0.1) is 0 Å². The first-order valence-electron chi connectivity index (χ1n) is 6.19. The van der Waals surface area contributed by atoms with E-state index in [0.29, 0.717) is 12.3 Å². The molecule has 0 aliphatic carbocycles. The third-order valence-corrected chi connectivity index (χ3v) is 3.16. The van der Waals surface area contributed by atoms with Crippen molar-refractivity contribution >= 4 is 5.91 Å². The maximum Gasteiger partial charge on any atom is 0.236 e. The highest BCUT2D eigenvalue weighted by Gasteiger charge is 2.11. The molecule has 0 saturated heterocycles. The molecule has 5 heteroatoms. The molecule has 1 aromatic carbocycles. The summed E-state index contributed by atoms with van der Waals surface area (Å²) in [6.07, 6.45) is 0.758. The van der Waals surface area contributed by atoms with Crippen molar-refractivity contribution in [3.8, 4) is 11.5 Å². The molecule has 0 aliphatic heterocycles. The number of aryl methyl sites for hydroxylation is 1. The standard InChI is InChI=1S/C14H22N2O3/c1-10-7-12(18-3)13(19-4)8-11(10)5-6-16(2)14(17)9-15/h7-8H,5-6,9,15H2,1-4H3. The molecule has 0 aromatic heterocycles. The van der Waals surface area contributed by atoms with Gasteiger partial charge in [0, 0.05) is 13.6 Å².